The first kappa shape index (κ1) is 19.7. The number of rotatable bonds is 5. The highest BCUT2D eigenvalue weighted by Gasteiger charge is 2.22. The van der Waals surface area contributed by atoms with Crippen molar-refractivity contribution < 1.29 is 18.8 Å². The van der Waals surface area contributed by atoms with Gasteiger partial charge in [0.25, 0.3) is 5.91 Å². The second kappa shape index (κ2) is 8.02. The molecule has 0 saturated heterocycles. The number of hydrogen-bond donors (Lipinski definition) is 1. The van der Waals surface area contributed by atoms with E-state index in [1.165, 1.54) is 0 Å². The summed E-state index contributed by atoms with van der Waals surface area (Å²) in [5.74, 6) is 1.23. The Morgan fingerprint density at radius 1 is 1.17 bits per heavy atom. The fourth-order valence-electron chi connectivity index (χ4n) is 3.58. The van der Waals surface area contributed by atoms with E-state index in [9.17, 15) is 9.59 Å². The SMILES string of the molecule is CC(=O)N1CCc2cc(NC(=O)c3ccc(OCc4c(C)noc4C)cc3)ccc21. The van der Waals surface area contributed by atoms with Crippen LogP contribution in [0.2, 0.25) is 0 Å². The molecule has 2 aromatic carbocycles. The van der Waals surface area contributed by atoms with Gasteiger partial charge in [-0.05, 0) is 68.3 Å². The predicted octanol–water partition coefficient (Wildman–Crippen LogP) is 4.03. The third-order valence-electron chi connectivity index (χ3n) is 5.29. The van der Waals surface area contributed by atoms with Crippen LogP contribution in [0.5, 0.6) is 5.75 Å². The molecule has 0 spiro atoms. The van der Waals surface area contributed by atoms with Crippen LogP contribution in [-0.2, 0) is 17.8 Å². The van der Waals surface area contributed by atoms with E-state index in [1.54, 1.807) is 36.1 Å². The monoisotopic (exact) mass is 405 g/mol. The molecule has 2 heterocycles. The second-order valence-corrected chi connectivity index (χ2v) is 7.33. The molecule has 0 bridgehead atoms. The molecule has 7 heteroatoms. The van der Waals surface area contributed by atoms with Gasteiger partial charge in [-0.2, -0.15) is 0 Å². The van der Waals surface area contributed by atoms with Crippen LogP contribution >= 0.6 is 0 Å². The quantitative estimate of drug-likeness (QED) is 0.693. The van der Waals surface area contributed by atoms with Gasteiger partial charge in [0, 0.05) is 30.4 Å². The van der Waals surface area contributed by atoms with Gasteiger partial charge in [0.1, 0.15) is 18.1 Å². The first-order valence-corrected chi connectivity index (χ1v) is 9.79. The lowest BCUT2D eigenvalue weighted by Gasteiger charge is -2.15. The number of aryl methyl sites for hydroxylation is 2. The molecule has 30 heavy (non-hydrogen) atoms. The first-order chi connectivity index (χ1) is 14.4. The molecule has 1 aromatic heterocycles. The lowest BCUT2D eigenvalue weighted by Crippen LogP contribution is -2.25. The Bertz CT molecular complexity index is 1080. The summed E-state index contributed by atoms with van der Waals surface area (Å²) in [7, 11) is 0. The van der Waals surface area contributed by atoms with Crippen LogP contribution in [0, 0.1) is 13.8 Å². The average molecular weight is 405 g/mol. The molecule has 1 N–H and O–H groups in total. The minimum absolute atomic E-state index is 0.0298. The predicted molar refractivity (Wildman–Crippen MR) is 113 cm³/mol. The summed E-state index contributed by atoms with van der Waals surface area (Å²) in [6.07, 6.45) is 0.787. The molecule has 0 atom stereocenters. The zero-order chi connectivity index (χ0) is 21.3. The van der Waals surface area contributed by atoms with E-state index in [-0.39, 0.29) is 11.8 Å². The largest absolute Gasteiger partial charge is 0.489 e. The molecule has 3 aromatic rings. The van der Waals surface area contributed by atoms with E-state index in [2.05, 4.69) is 10.5 Å². The molecule has 0 saturated carbocycles. The van der Waals surface area contributed by atoms with E-state index in [0.717, 1.165) is 34.7 Å². The van der Waals surface area contributed by atoms with E-state index in [1.807, 2.05) is 32.0 Å². The van der Waals surface area contributed by atoms with Gasteiger partial charge >= 0.3 is 0 Å². The van der Waals surface area contributed by atoms with Crippen molar-refractivity contribution in [1.29, 1.82) is 0 Å². The molecule has 0 aliphatic carbocycles. The van der Waals surface area contributed by atoms with Crippen LogP contribution in [0.4, 0.5) is 11.4 Å². The molecular formula is C23H23N3O4. The van der Waals surface area contributed by atoms with Crippen molar-refractivity contribution >= 4 is 23.2 Å². The van der Waals surface area contributed by atoms with E-state index < -0.39 is 0 Å². The van der Waals surface area contributed by atoms with Crippen LogP contribution in [0.25, 0.3) is 0 Å². The number of amides is 2. The number of benzene rings is 2. The zero-order valence-electron chi connectivity index (χ0n) is 17.2. The highest BCUT2D eigenvalue weighted by molar-refractivity contribution is 6.04. The van der Waals surface area contributed by atoms with Crippen LogP contribution in [0.15, 0.2) is 47.0 Å². The Kier molecular flexibility index (Phi) is 5.27. The summed E-state index contributed by atoms with van der Waals surface area (Å²) in [4.78, 5) is 26.0. The number of carbonyl (C=O) groups is 2. The first-order valence-electron chi connectivity index (χ1n) is 9.79. The van der Waals surface area contributed by atoms with Crippen LogP contribution in [0.1, 0.15) is 39.9 Å². The molecule has 0 unspecified atom stereocenters. The number of hydrogen-bond acceptors (Lipinski definition) is 5. The molecule has 0 fully saturated rings. The third kappa shape index (κ3) is 3.91. The highest BCUT2D eigenvalue weighted by atomic mass is 16.5. The van der Waals surface area contributed by atoms with Gasteiger partial charge < -0.3 is 19.5 Å². The van der Waals surface area contributed by atoms with Crippen LogP contribution in [0.3, 0.4) is 0 Å². The fraction of sp³-hybridized carbons (Fsp3) is 0.261. The zero-order valence-corrected chi connectivity index (χ0v) is 17.2. The van der Waals surface area contributed by atoms with Gasteiger partial charge in [-0.25, -0.2) is 0 Å². The van der Waals surface area contributed by atoms with Crippen molar-refractivity contribution in [2.24, 2.45) is 0 Å². The topological polar surface area (TPSA) is 84.7 Å². The Labute approximate surface area is 174 Å². The summed E-state index contributed by atoms with van der Waals surface area (Å²) in [6.45, 7) is 6.32. The maximum absolute atomic E-state index is 12.6. The van der Waals surface area contributed by atoms with Gasteiger partial charge in [0.15, 0.2) is 0 Å². The van der Waals surface area contributed by atoms with Gasteiger partial charge in [0.2, 0.25) is 5.91 Å². The maximum Gasteiger partial charge on any atom is 0.255 e. The Morgan fingerprint density at radius 2 is 1.93 bits per heavy atom. The number of anilines is 2. The highest BCUT2D eigenvalue weighted by Crippen LogP contribution is 2.30. The van der Waals surface area contributed by atoms with Crippen molar-refractivity contribution in [3.63, 3.8) is 0 Å². The van der Waals surface area contributed by atoms with Crippen molar-refractivity contribution in [1.82, 2.24) is 5.16 Å². The average Bonchev–Trinajstić information content (AvgIpc) is 3.29. The minimum atomic E-state index is -0.200. The van der Waals surface area contributed by atoms with Gasteiger partial charge in [0.05, 0.1) is 11.3 Å². The summed E-state index contributed by atoms with van der Waals surface area (Å²) in [5.41, 5.74) is 4.96. The Morgan fingerprint density at radius 3 is 2.60 bits per heavy atom. The third-order valence-corrected chi connectivity index (χ3v) is 5.29. The summed E-state index contributed by atoms with van der Waals surface area (Å²) < 4.78 is 10.9. The Hall–Kier alpha value is -3.61. The van der Waals surface area contributed by atoms with Crippen molar-refractivity contribution in [3.8, 4) is 5.75 Å². The lowest BCUT2D eigenvalue weighted by atomic mass is 10.1. The number of ether oxygens (including phenoxy) is 1. The normalized spacial score (nSPS) is 12.6. The molecular weight excluding hydrogens is 382 g/mol. The molecule has 2 amide bonds. The van der Waals surface area contributed by atoms with Gasteiger partial charge in [-0.15, -0.1) is 0 Å². The molecule has 4 rings (SSSR count). The molecule has 1 aliphatic rings. The number of nitrogens with zero attached hydrogens (tertiary/aromatic N) is 2. The summed E-state index contributed by atoms with van der Waals surface area (Å²) >= 11 is 0. The van der Waals surface area contributed by atoms with E-state index >= 15 is 0 Å². The molecule has 1 aliphatic heterocycles. The van der Waals surface area contributed by atoms with Gasteiger partial charge in [-0.1, -0.05) is 5.16 Å². The number of carbonyl (C=O) groups excluding carboxylic acids is 2. The van der Waals surface area contributed by atoms with Gasteiger partial charge in [-0.3, -0.25) is 9.59 Å². The van der Waals surface area contributed by atoms with Crippen molar-refractivity contribution in [2.75, 3.05) is 16.8 Å². The molecule has 154 valence electrons. The number of fused-ring (bicyclic) bond motifs is 1. The molecule has 7 nitrogen and oxygen atoms in total. The Balaban J connectivity index is 1.39. The lowest BCUT2D eigenvalue weighted by molar-refractivity contribution is -0.116. The van der Waals surface area contributed by atoms with Crippen molar-refractivity contribution in [2.45, 2.75) is 33.8 Å². The summed E-state index contributed by atoms with van der Waals surface area (Å²) in [6, 6.07) is 12.6. The smallest absolute Gasteiger partial charge is 0.255 e. The van der Waals surface area contributed by atoms with Crippen molar-refractivity contribution in [3.05, 3.63) is 70.6 Å². The maximum atomic E-state index is 12.6. The number of nitrogens with one attached hydrogen (secondary N) is 1. The minimum Gasteiger partial charge on any atom is -0.489 e. The van der Waals surface area contributed by atoms with Crippen LogP contribution < -0.4 is 15.0 Å². The molecule has 0 radical (unpaired) electrons. The van der Waals surface area contributed by atoms with Crippen LogP contribution in [-0.4, -0.2) is 23.5 Å². The fourth-order valence-corrected chi connectivity index (χ4v) is 3.58. The standard InChI is InChI=1S/C23H23N3O4/c1-14-21(15(2)30-25-14)13-29-20-7-4-17(5-8-20)23(28)24-19-6-9-22-18(12-19)10-11-26(22)16(3)27/h4-9,12H,10-11,13H2,1-3H3,(H,24,28). The number of aromatic nitrogens is 1. The van der Waals surface area contributed by atoms with E-state index in [0.29, 0.717) is 30.2 Å². The second-order valence-electron chi connectivity index (χ2n) is 7.33. The summed E-state index contributed by atoms with van der Waals surface area (Å²) in [5, 5.41) is 6.83. The van der Waals surface area contributed by atoms with E-state index in [4.69, 9.17) is 9.26 Å².